The number of hydrogen-bond donors (Lipinski definition) is 1. The highest BCUT2D eigenvalue weighted by molar-refractivity contribution is 5.94. The predicted molar refractivity (Wildman–Crippen MR) is 132 cm³/mol. The van der Waals surface area contributed by atoms with E-state index in [1.54, 1.807) is 23.9 Å². The zero-order chi connectivity index (χ0) is 24.5. The number of nitrogens with zero attached hydrogens (tertiary/aromatic N) is 5. The highest BCUT2D eigenvalue weighted by Crippen LogP contribution is 2.27. The zero-order valence-electron chi connectivity index (χ0n) is 20.1. The van der Waals surface area contributed by atoms with Gasteiger partial charge in [-0.2, -0.15) is 0 Å². The van der Waals surface area contributed by atoms with Crippen LogP contribution in [-0.4, -0.2) is 56.0 Å². The maximum Gasteiger partial charge on any atom is 0.281 e. The lowest BCUT2D eigenvalue weighted by molar-refractivity contribution is 0.0710. The predicted octanol–water partition coefficient (Wildman–Crippen LogP) is 3.21. The standard InChI is InChI=1S/C26H28N6O3/c1-16-7-8-17(2)20(13-16)15-32-24-22(29-30-32)25(33)28-23(27-24)18-9-11-31(12-10-18)26(34)19-5-4-6-21(14-19)35-3/h4-8,13-14,18H,9-12,15H2,1-3H3,(H,27,28,33). The Bertz CT molecular complexity index is 1450. The van der Waals surface area contributed by atoms with Crippen LogP contribution < -0.4 is 10.3 Å². The number of methoxy groups -OCH3 is 1. The Morgan fingerprint density at radius 3 is 2.71 bits per heavy atom. The molecule has 0 saturated carbocycles. The minimum Gasteiger partial charge on any atom is -0.497 e. The number of hydrogen-bond acceptors (Lipinski definition) is 6. The topological polar surface area (TPSA) is 106 Å². The first-order chi connectivity index (χ1) is 16.9. The summed E-state index contributed by atoms with van der Waals surface area (Å²) in [6.45, 7) is 5.77. The van der Waals surface area contributed by atoms with Gasteiger partial charge in [-0.1, -0.05) is 35.0 Å². The molecule has 5 rings (SSSR count). The average Bonchev–Trinajstić information content (AvgIpc) is 3.29. The minimum absolute atomic E-state index is 0.0185. The van der Waals surface area contributed by atoms with Crippen LogP contribution in [0.5, 0.6) is 5.75 Å². The van der Waals surface area contributed by atoms with E-state index >= 15 is 0 Å². The Morgan fingerprint density at radius 1 is 1.14 bits per heavy atom. The SMILES string of the molecule is COc1cccc(C(=O)N2CCC(c3nc4c(nnn4Cc4cc(C)ccc4C)c(=O)[nH]3)CC2)c1. The van der Waals surface area contributed by atoms with E-state index in [1.165, 1.54) is 0 Å². The van der Waals surface area contributed by atoms with Gasteiger partial charge in [0.05, 0.1) is 13.7 Å². The molecular weight excluding hydrogens is 444 g/mol. The third-order valence-electron chi connectivity index (χ3n) is 6.70. The molecule has 1 fully saturated rings. The largest absolute Gasteiger partial charge is 0.497 e. The van der Waals surface area contributed by atoms with Gasteiger partial charge in [-0.15, -0.1) is 5.10 Å². The number of aromatic amines is 1. The van der Waals surface area contributed by atoms with E-state index < -0.39 is 0 Å². The summed E-state index contributed by atoms with van der Waals surface area (Å²) in [6.07, 6.45) is 1.42. The van der Waals surface area contributed by atoms with Gasteiger partial charge in [0.25, 0.3) is 11.5 Å². The van der Waals surface area contributed by atoms with Crippen molar-refractivity contribution < 1.29 is 9.53 Å². The van der Waals surface area contributed by atoms with E-state index in [-0.39, 0.29) is 22.9 Å². The third kappa shape index (κ3) is 4.53. The van der Waals surface area contributed by atoms with Gasteiger partial charge in [0, 0.05) is 24.6 Å². The van der Waals surface area contributed by atoms with Crippen LogP contribution in [0, 0.1) is 13.8 Å². The van der Waals surface area contributed by atoms with Crippen LogP contribution in [0.1, 0.15) is 51.6 Å². The van der Waals surface area contributed by atoms with E-state index in [2.05, 4.69) is 47.3 Å². The molecule has 3 heterocycles. The number of likely N-dealkylation sites (tertiary alicyclic amines) is 1. The fourth-order valence-electron chi connectivity index (χ4n) is 4.61. The van der Waals surface area contributed by atoms with Gasteiger partial charge in [-0.25, -0.2) is 9.67 Å². The number of amides is 1. The molecule has 9 nitrogen and oxygen atoms in total. The number of carbonyl (C=O) groups is 1. The molecule has 0 aliphatic carbocycles. The smallest absolute Gasteiger partial charge is 0.281 e. The van der Waals surface area contributed by atoms with E-state index in [9.17, 15) is 9.59 Å². The van der Waals surface area contributed by atoms with Crippen LogP contribution in [0.2, 0.25) is 0 Å². The van der Waals surface area contributed by atoms with Crippen LogP contribution in [0.4, 0.5) is 0 Å². The summed E-state index contributed by atoms with van der Waals surface area (Å²) in [6, 6.07) is 13.5. The van der Waals surface area contributed by atoms with Gasteiger partial charge in [0.15, 0.2) is 11.2 Å². The molecular formula is C26H28N6O3. The molecule has 35 heavy (non-hydrogen) atoms. The number of piperidine rings is 1. The quantitative estimate of drug-likeness (QED) is 0.478. The maximum absolute atomic E-state index is 13.0. The Kier molecular flexibility index (Phi) is 6.07. The normalized spacial score (nSPS) is 14.4. The first kappa shape index (κ1) is 22.8. The van der Waals surface area contributed by atoms with Crippen LogP contribution in [-0.2, 0) is 6.54 Å². The van der Waals surface area contributed by atoms with Crippen molar-refractivity contribution in [2.45, 2.75) is 39.2 Å². The summed E-state index contributed by atoms with van der Waals surface area (Å²) in [5, 5.41) is 8.29. The molecule has 2 aromatic carbocycles. The second kappa shape index (κ2) is 9.32. The van der Waals surface area contributed by atoms with E-state index in [0.717, 1.165) is 16.7 Å². The minimum atomic E-state index is -0.285. The van der Waals surface area contributed by atoms with Gasteiger partial charge >= 0.3 is 0 Å². The summed E-state index contributed by atoms with van der Waals surface area (Å²) in [7, 11) is 1.59. The fourth-order valence-corrected chi connectivity index (χ4v) is 4.61. The van der Waals surface area contributed by atoms with Crippen molar-refractivity contribution >= 4 is 17.1 Å². The van der Waals surface area contributed by atoms with Crippen molar-refractivity contribution in [1.29, 1.82) is 0 Å². The Balaban J connectivity index is 1.35. The van der Waals surface area contributed by atoms with Crippen molar-refractivity contribution in [3.63, 3.8) is 0 Å². The van der Waals surface area contributed by atoms with Crippen LogP contribution in [0.15, 0.2) is 47.3 Å². The highest BCUT2D eigenvalue weighted by atomic mass is 16.5. The fraction of sp³-hybridized carbons (Fsp3) is 0.346. The number of carbonyl (C=O) groups excluding carboxylic acids is 1. The molecule has 1 amide bonds. The van der Waals surface area contributed by atoms with Gasteiger partial charge in [0.1, 0.15) is 11.6 Å². The van der Waals surface area contributed by atoms with Crippen molar-refractivity contribution in [3.05, 3.63) is 80.9 Å². The maximum atomic E-state index is 13.0. The summed E-state index contributed by atoms with van der Waals surface area (Å²) in [5.74, 6) is 1.31. The van der Waals surface area contributed by atoms with Crippen molar-refractivity contribution in [3.8, 4) is 5.75 Å². The Labute approximate surface area is 202 Å². The lowest BCUT2D eigenvalue weighted by Gasteiger charge is -2.31. The molecule has 2 aromatic heterocycles. The monoisotopic (exact) mass is 472 g/mol. The summed E-state index contributed by atoms with van der Waals surface area (Å²) in [4.78, 5) is 35.2. The molecule has 180 valence electrons. The second-order valence-electron chi connectivity index (χ2n) is 9.10. The molecule has 0 unspecified atom stereocenters. The number of benzene rings is 2. The molecule has 0 bridgehead atoms. The Hall–Kier alpha value is -4.01. The van der Waals surface area contributed by atoms with Crippen molar-refractivity contribution in [2.75, 3.05) is 20.2 Å². The van der Waals surface area contributed by atoms with Crippen LogP contribution in [0.3, 0.4) is 0 Å². The molecule has 1 aliphatic rings. The molecule has 0 atom stereocenters. The lowest BCUT2D eigenvalue weighted by Crippen LogP contribution is -2.38. The average molecular weight is 473 g/mol. The lowest BCUT2D eigenvalue weighted by atomic mass is 9.95. The van der Waals surface area contributed by atoms with Crippen molar-refractivity contribution in [2.24, 2.45) is 0 Å². The van der Waals surface area contributed by atoms with Gasteiger partial charge < -0.3 is 14.6 Å². The molecule has 1 N–H and O–H groups in total. The van der Waals surface area contributed by atoms with Gasteiger partial charge in [-0.3, -0.25) is 9.59 Å². The third-order valence-corrected chi connectivity index (χ3v) is 6.70. The molecule has 1 aliphatic heterocycles. The zero-order valence-corrected chi connectivity index (χ0v) is 20.1. The number of aromatic nitrogens is 5. The van der Waals surface area contributed by atoms with Crippen LogP contribution in [0.25, 0.3) is 11.2 Å². The summed E-state index contributed by atoms with van der Waals surface area (Å²) < 4.78 is 6.93. The van der Waals surface area contributed by atoms with E-state index in [0.29, 0.717) is 55.3 Å². The van der Waals surface area contributed by atoms with Gasteiger partial charge in [-0.05, 0) is 56.0 Å². The highest BCUT2D eigenvalue weighted by Gasteiger charge is 2.27. The number of H-pyrrole nitrogens is 1. The molecule has 1 saturated heterocycles. The van der Waals surface area contributed by atoms with E-state index in [1.807, 2.05) is 17.0 Å². The number of fused-ring (bicyclic) bond motifs is 1. The Morgan fingerprint density at radius 2 is 1.94 bits per heavy atom. The molecule has 0 radical (unpaired) electrons. The molecule has 4 aromatic rings. The first-order valence-corrected chi connectivity index (χ1v) is 11.8. The number of ether oxygens (including phenoxy) is 1. The second-order valence-corrected chi connectivity index (χ2v) is 9.10. The molecule has 9 heteroatoms. The summed E-state index contributed by atoms with van der Waals surface area (Å²) in [5.41, 5.74) is 4.48. The van der Waals surface area contributed by atoms with Gasteiger partial charge in [0.2, 0.25) is 0 Å². The number of rotatable bonds is 5. The van der Waals surface area contributed by atoms with Crippen LogP contribution >= 0.6 is 0 Å². The number of aryl methyl sites for hydroxylation is 2. The first-order valence-electron chi connectivity index (χ1n) is 11.8. The van der Waals surface area contributed by atoms with E-state index in [4.69, 9.17) is 9.72 Å². The summed E-state index contributed by atoms with van der Waals surface area (Å²) >= 11 is 0. The van der Waals surface area contributed by atoms with Crippen molar-refractivity contribution in [1.82, 2.24) is 29.9 Å². The molecule has 0 spiro atoms. The number of nitrogens with one attached hydrogen (secondary N) is 1.